The highest BCUT2D eigenvalue weighted by atomic mass is 35.5. The lowest BCUT2D eigenvalue weighted by molar-refractivity contribution is -0.384. The van der Waals surface area contributed by atoms with Crippen LogP contribution in [0.1, 0.15) is 28.8 Å². The van der Waals surface area contributed by atoms with E-state index in [4.69, 9.17) is 0 Å². The van der Waals surface area contributed by atoms with Gasteiger partial charge in [-0.15, -0.1) is 12.4 Å². The molecule has 1 atom stereocenters. The summed E-state index contributed by atoms with van der Waals surface area (Å²) in [5.41, 5.74) is 1.06. The van der Waals surface area contributed by atoms with Gasteiger partial charge in [0, 0.05) is 30.3 Å². The quantitative estimate of drug-likeness (QED) is 0.658. The molecule has 20 heavy (non-hydrogen) atoms. The zero-order valence-corrected chi connectivity index (χ0v) is 12.0. The lowest BCUT2D eigenvalue weighted by atomic mass is 10.0. The fourth-order valence-corrected chi connectivity index (χ4v) is 2.21. The molecule has 2 N–H and O–H groups in total. The summed E-state index contributed by atoms with van der Waals surface area (Å²) in [4.78, 5) is 22.4. The molecule has 6 nitrogen and oxygen atoms in total. The summed E-state index contributed by atoms with van der Waals surface area (Å²) in [7, 11) is 0. The van der Waals surface area contributed by atoms with E-state index >= 15 is 0 Å². The molecule has 0 radical (unpaired) electrons. The highest BCUT2D eigenvalue weighted by molar-refractivity contribution is 5.96. The van der Waals surface area contributed by atoms with E-state index in [-0.39, 0.29) is 30.0 Å². The number of nitrogens with one attached hydrogen (secondary N) is 2. The largest absolute Gasteiger partial charge is 0.348 e. The van der Waals surface area contributed by atoms with E-state index in [0.29, 0.717) is 5.56 Å². The number of nitro groups is 1. The fraction of sp³-hybridized carbons (Fsp3) is 0.462. The fourth-order valence-electron chi connectivity index (χ4n) is 2.21. The maximum Gasteiger partial charge on any atom is 0.270 e. The van der Waals surface area contributed by atoms with E-state index in [1.54, 1.807) is 13.0 Å². The number of piperidine rings is 1. The number of amides is 1. The maximum atomic E-state index is 12.1. The van der Waals surface area contributed by atoms with Crippen LogP contribution in [0.25, 0.3) is 0 Å². The van der Waals surface area contributed by atoms with E-state index in [1.807, 2.05) is 0 Å². The Kier molecular flexibility index (Phi) is 5.91. The summed E-state index contributed by atoms with van der Waals surface area (Å²) in [6.07, 6.45) is 1.96. The Balaban J connectivity index is 0.00000200. The molecule has 1 aromatic carbocycles. The summed E-state index contributed by atoms with van der Waals surface area (Å²) in [6, 6.07) is 4.45. The summed E-state index contributed by atoms with van der Waals surface area (Å²) >= 11 is 0. The Morgan fingerprint density at radius 1 is 1.50 bits per heavy atom. The van der Waals surface area contributed by atoms with E-state index < -0.39 is 4.92 Å². The number of halogens is 1. The summed E-state index contributed by atoms with van der Waals surface area (Å²) in [5, 5.41) is 16.9. The molecule has 110 valence electrons. The van der Waals surface area contributed by atoms with Crippen molar-refractivity contribution in [1.82, 2.24) is 10.6 Å². The van der Waals surface area contributed by atoms with Gasteiger partial charge in [0.25, 0.3) is 11.6 Å². The summed E-state index contributed by atoms with van der Waals surface area (Å²) < 4.78 is 0. The Morgan fingerprint density at radius 3 is 2.85 bits per heavy atom. The van der Waals surface area contributed by atoms with Crippen molar-refractivity contribution in [3.05, 3.63) is 39.4 Å². The van der Waals surface area contributed by atoms with Crippen LogP contribution in [0.2, 0.25) is 0 Å². The average Bonchev–Trinajstić information content (AvgIpc) is 2.40. The molecular formula is C13H18ClN3O3. The topological polar surface area (TPSA) is 84.3 Å². The number of hydrogen-bond acceptors (Lipinski definition) is 4. The molecule has 1 heterocycles. The van der Waals surface area contributed by atoms with Gasteiger partial charge in [0.2, 0.25) is 0 Å². The number of nitrogens with zero attached hydrogens (tertiary/aromatic N) is 1. The van der Waals surface area contributed by atoms with Gasteiger partial charge in [-0.3, -0.25) is 14.9 Å². The van der Waals surface area contributed by atoms with E-state index in [2.05, 4.69) is 10.6 Å². The van der Waals surface area contributed by atoms with Crippen molar-refractivity contribution in [2.45, 2.75) is 25.8 Å². The Hall–Kier alpha value is -1.66. The van der Waals surface area contributed by atoms with E-state index in [9.17, 15) is 14.9 Å². The number of aryl methyl sites for hydroxylation is 1. The van der Waals surface area contributed by atoms with Crippen LogP contribution in [0, 0.1) is 17.0 Å². The molecule has 0 saturated carbocycles. The average molecular weight is 300 g/mol. The van der Waals surface area contributed by atoms with Gasteiger partial charge in [0.15, 0.2) is 0 Å². The monoisotopic (exact) mass is 299 g/mol. The zero-order chi connectivity index (χ0) is 13.8. The minimum atomic E-state index is -0.488. The summed E-state index contributed by atoms with van der Waals surface area (Å²) in [5.74, 6) is -0.241. The molecule has 1 aliphatic rings. The Morgan fingerprint density at radius 2 is 2.25 bits per heavy atom. The van der Waals surface area contributed by atoms with Gasteiger partial charge in [0.1, 0.15) is 0 Å². The number of nitro benzene ring substituents is 1. The van der Waals surface area contributed by atoms with Crippen LogP contribution in [0.3, 0.4) is 0 Å². The van der Waals surface area contributed by atoms with Crippen LogP contribution in [-0.2, 0) is 0 Å². The van der Waals surface area contributed by atoms with Gasteiger partial charge in [-0.1, -0.05) is 6.07 Å². The lowest BCUT2D eigenvalue weighted by Crippen LogP contribution is -2.45. The highest BCUT2D eigenvalue weighted by Gasteiger charge is 2.19. The number of carbonyl (C=O) groups excluding carboxylic acids is 1. The predicted molar refractivity (Wildman–Crippen MR) is 78.4 cm³/mol. The predicted octanol–water partition coefficient (Wildman–Crippen LogP) is 1.81. The molecule has 1 fully saturated rings. The van der Waals surface area contributed by atoms with Gasteiger partial charge in [0.05, 0.1) is 4.92 Å². The Labute approximate surface area is 123 Å². The van der Waals surface area contributed by atoms with Gasteiger partial charge in [-0.25, -0.2) is 0 Å². The molecule has 0 unspecified atom stereocenters. The number of benzene rings is 1. The number of hydrogen-bond donors (Lipinski definition) is 2. The maximum absolute atomic E-state index is 12.1. The smallest absolute Gasteiger partial charge is 0.270 e. The molecule has 1 saturated heterocycles. The SMILES string of the molecule is Cc1ccc([N+](=O)[O-])cc1C(=O)N[C@H]1CCCNC1.Cl. The van der Waals surface area contributed by atoms with Gasteiger partial charge in [-0.05, 0) is 31.9 Å². The van der Waals surface area contributed by atoms with Crippen molar-refractivity contribution in [1.29, 1.82) is 0 Å². The second-order valence-electron chi connectivity index (χ2n) is 4.77. The van der Waals surface area contributed by atoms with Crippen molar-refractivity contribution in [2.75, 3.05) is 13.1 Å². The molecule has 1 aromatic rings. The van der Waals surface area contributed by atoms with Crippen LogP contribution in [0.15, 0.2) is 18.2 Å². The van der Waals surface area contributed by atoms with E-state index in [1.165, 1.54) is 12.1 Å². The second kappa shape index (κ2) is 7.21. The van der Waals surface area contributed by atoms with Gasteiger partial charge in [-0.2, -0.15) is 0 Å². The lowest BCUT2D eigenvalue weighted by Gasteiger charge is -2.24. The van der Waals surface area contributed by atoms with Gasteiger partial charge < -0.3 is 10.6 Å². The van der Waals surface area contributed by atoms with Crippen LogP contribution >= 0.6 is 12.4 Å². The normalized spacial score (nSPS) is 17.9. The molecule has 1 aliphatic heterocycles. The van der Waals surface area contributed by atoms with E-state index in [0.717, 1.165) is 31.5 Å². The molecule has 0 spiro atoms. The first-order valence-corrected chi connectivity index (χ1v) is 6.34. The first-order chi connectivity index (χ1) is 9.08. The molecule has 2 rings (SSSR count). The van der Waals surface area contributed by atoms with Gasteiger partial charge >= 0.3 is 0 Å². The highest BCUT2D eigenvalue weighted by Crippen LogP contribution is 2.17. The van der Waals surface area contributed by atoms with Crippen LogP contribution < -0.4 is 10.6 Å². The van der Waals surface area contributed by atoms with Crippen molar-refractivity contribution >= 4 is 24.0 Å². The van der Waals surface area contributed by atoms with Crippen molar-refractivity contribution in [2.24, 2.45) is 0 Å². The molecule has 7 heteroatoms. The second-order valence-corrected chi connectivity index (χ2v) is 4.77. The number of carbonyl (C=O) groups is 1. The minimum Gasteiger partial charge on any atom is -0.348 e. The first kappa shape index (κ1) is 16.4. The van der Waals surface area contributed by atoms with Crippen molar-refractivity contribution in [3.63, 3.8) is 0 Å². The molecule has 0 aromatic heterocycles. The van der Waals surface area contributed by atoms with Crippen LogP contribution in [0.5, 0.6) is 0 Å². The van der Waals surface area contributed by atoms with Crippen LogP contribution in [0.4, 0.5) is 5.69 Å². The number of rotatable bonds is 3. The summed E-state index contributed by atoms with van der Waals surface area (Å²) in [6.45, 7) is 3.50. The minimum absolute atomic E-state index is 0. The molecule has 0 bridgehead atoms. The van der Waals surface area contributed by atoms with Crippen molar-refractivity contribution < 1.29 is 9.72 Å². The standard InChI is InChI=1S/C13H17N3O3.ClH/c1-9-4-5-11(16(18)19)7-12(9)13(17)15-10-3-2-6-14-8-10;/h4-5,7,10,14H,2-3,6,8H2,1H3,(H,15,17);1H/t10-;/m0./s1. The number of non-ortho nitro benzene ring substituents is 1. The zero-order valence-electron chi connectivity index (χ0n) is 11.2. The first-order valence-electron chi connectivity index (χ1n) is 6.34. The third-order valence-electron chi connectivity index (χ3n) is 3.31. The molecule has 0 aliphatic carbocycles. The third kappa shape index (κ3) is 3.91. The molecular weight excluding hydrogens is 282 g/mol. The van der Waals surface area contributed by atoms with Crippen molar-refractivity contribution in [3.8, 4) is 0 Å². The molecule has 1 amide bonds. The Bertz CT molecular complexity index is 502. The van der Waals surface area contributed by atoms with Crippen LogP contribution in [-0.4, -0.2) is 30.0 Å². The third-order valence-corrected chi connectivity index (χ3v) is 3.31.